The fraction of sp³-hybridized carbons (Fsp3) is 0.136. The first kappa shape index (κ1) is 19.0. The van der Waals surface area contributed by atoms with Crippen LogP contribution < -0.4 is 5.32 Å². The molecule has 1 unspecified atom stereocenters. The number of carbonyl (C=O) groups is 3. The van der Waals surface area contributed by atoms with Crippen LogP contribution in [0, 0.1) is 0 Å². The smallest absolute Gasteiger partial charge is 0.261 e. The van der Waals surface area contributed by atoms with Gasteiger partial charge in [0.1, 0.15) is 5.76 Å². The van der Waals surface area contributed by atoms with Crippen LogP contribution in [-0.4, -0.2) is 22.6 Å². The van der Waals surface area contributed by atoms with Crippen LogP contribution in [0.5, 0.6) is 0 Å². The van der Waals surface area contributed by atoms with E-state index in [4.69, 9.17) is 16.0 Å². The van der Waals surface area contributed by atoms with E-state index in [1.165, 1.54) is 24.5 Å². The van der Waals surface area contributed by atoms with Crippen molar-refractivity contribution in [1.29, 1.82) is 0 Å². The molecule has 1 aliphatic heterocycles. The van der Waals surface area contributed by atoms with E-state index >= 15 is 0 Å². The van der Waals surface area contributed by atoms with E-state index in [1.54, 1.807) is 18.2 Å². The molecular formula is C22H17ClN2O4. The van der Waals surface area contributed by atoms with Crippen molar-refractivity contribution in [2.45, 2.75) is 19.5 Å². The summed E-state index contributed by atoms with van der Waals surface area (Å²) >= 11 is 6.19. The van der Waals surface area contributed by atoms with Gasteiger partial charge in [-0.3, -0.25) is 19.3 Å². The summed E-state index contributed by atoms with van der Waals surface area (Å²) in [5.41, 5.74) is 1.57. The van der Waals surface area contributed by atoms with E-state index in [0.717, 1.165) is 10.5 Å². The van der Waals surface area contributed by atoms with Gasteiger partial charge >= 0.3 is 0 Å². The lowest BCUT2D eigenvalue weighted by Crippen LogP contribution is -2.29. The molecule has 2 heterocycles. The van der Waals surface area contributed by atoms with Crippen molar-refractivity contribution in [3.63, 3.8) is 0 Å². The standard InChI is InChI=1S/C22H17ClN2O4/c1-13(16-6-2-3-7-19(16)23)24-20(26)14-8-9-17-18(11-14)22(28)25(21(17)27)12-15-5-4-10-29-15/h2-11,13H,12H2,1H3,(H,24,26). The molecular weight excluding hydrogens is 392 g/mol. The second kappa shape index (κ2) is 7.56. The molecule has 0 saturated carbocycles. The predicted molar refractivity (Wildman–Crippen MR) is 107 cm³/mol. The van der Waals surface area contributed by atoms with Crippen molar-refractivity contribution in [2.24, 2.45) is 0 Å². The summed E-state index contributed by atoms with van der Waals surface area (Å²) in [6, 6.07) is 14.8. The lowest BCUT2D eigenvalue weighted by Gasteiger charge is -2.16. The molecule has 1 aromatic heterocycles. The SMILES string of the molecule is CC(NC(=O)c1ccc2c(c1)C(=O)N(Cc1ccco1)C2=O)c1ccccc1Cl. The minimum Gasteiger partial charge on any atom is -0.467 e. The molecule has 0 aliphatic carbocycles. The summed E-state index contributed by atoms with van der Waals surface area (Å²) in [5.74, 6) is -0.705. The maximum Gasteiger partial charge on any atom is 0.261 e. The average molecular weight is 409 g/mol. The van der Waals surface area contributed by atoms with Crippen LogP contribution in [0.1, 0.15) is 55.4 Å². The molecule has 1 N–H and O–H groups in total. The van der Waals surface area contributed by atoms with Crippen LogP contribution in [-0.2, 0) is 6.54 Å². The zero-order chi connectivity index (χ0) is 20.5. The fourth-order valence-electron chi connectivity index (χ4n) is 3.32. The molecule has 1 atom stereocenters. The van der Waals surface area contributed by atoms with Crippen LogP contribution in [0.25, 0.3) is 0 Å². The number of imide groups is 1. The Hall–Kier alpha value is -3.38. The maximum absolute atomic E-state index is 12.7. The second-order valence-corrected chi connectivity index (χ2v) is 7.16. The second-order valence-electron chi connectivity index (χ2n) is 6.75. The van der Waals surface area contributed by atoms with E-state index in [0.29, 0.717) is 16.3 Å². The molecule has 0 spiro atoms. The molecule has 146 valence electrons. The number of amides is 3. The molecule has 1 aliphatic rings. The normalized spacial score (nSPS) is 14.1. The molecule has 3 amide bonds. The van der Waals surface area contributed by atoms with Gasteiger partial charge in [0, 0.05) is 10.6 Å². The lowest BCUT2D eigenvalue weighted by molar-refractivity contribution is 0.0631. The number of nitrogens with zero attached hydrogens (tertiary/aromatic N) is 1. The van der Waals surface area contributed by atoms with E-state index in [1.807, 2.05) is 25.1 Å². The number of halogens is 1. The number of fused-ring (bicyclic) bond motifs is 1. The highest BCUT2D eigenvalue weighted by molar-refractivity contribution is 6.31. The number of benzene rings is 2. The summed E-state index contributed by atoms with van der Waals surface area (Å²) in [7, 11) is 0. The van der Waals surface area contributed by atoms with Gasteiger partial charge in [-0.05, 0) is 48.9 Å². The van der Waals surface area contributed by atoms with Crippen molar-refractivity contribution in [2.75, 3.05) is 0 Å². The van der Waals surface area contributed by atoms with Gasteiger partial charge < -0.3 is 9.73 Å². The Morgan fingerprint density at radius 1 is 1.07 bits per heavy atom. The monoisotopic (exact) mass is 408 g/mol. The fourth-order valence-corrected chi connectivity index (χ4v) is 3.62. The number of hydrogen-bond acceptors (Lipinski definition) is 4. The average Bonchev–Trinajstić information content (AvgIpc) is 3.31. The van der Waals surface area contributed by atoms with E-state index in [-0.39, 0.29) is 29.6 Å². The largest absolute Gasteiger partial charge is 0.467 e. The van der Waals surface area contributed by atoms with E-state index in [2.05, 4.69) is 5.32 Å². The van der Waals surface area contributed by atoms with Crippen LogP contribution in [0.2, 0.25) is 5.02 Å². The van der Waals surface area contributed by atoms with Crippen molar-refractivity contribution in [3.8, 4) is 0 Å². The minimum absolute atomic E-state index is 0.0460. The molecule has 3 aromatic rings. The Labute approximate surface area is 172 Å². The Kier molecular flexibility index (Phi) is 4.94. The van der Waals surface area contributed by atoms with Gasteiger partial charge in [-0.1, -0.05) is 29.8 Å². The molecule has 0 radical (unpaired) electrons. The topological polar surface area (TPSA) is 79.6 Å². The highest BCUT2D eigenvalue weighted by Crippen LogP contribution is 2.27. The molecule has 4 rings (SSSR count). The lowest BCUT2D eigenvalue weighted by atomic mass is 10.0. The first-order chi connectivity index (χ1) is 14.0. The summed E-state index contributed by atoms with van der Waals surface area (Å²) in [6.07, 6.45) is 1.48. The zero-order valence-electron chi connectivity index (χ0n) is 15.5. The van der Waals surface area contributed by atoms with Crippen LogP contribution in [0.15, 0.2) is 65.3 Å². The number of rotatable bonds is 5. The van der Waals surface area contributed by atoms with Crippen LogP contribution >= 0.6 is 11.6 Å². The molecule has 7 heteroatoms. The molecule has 0 bridgehead atoms. The van der Waals surface area contributed by atoms with Crippen LogP contribution in [0.3, 0.4) is 0 Å². The van der Waals surface area contributed by atoms with Gasteiger partial charge in [0.25, 0.3) is 17.7 Å². The van der Waals surface area contributed by atoms with Crippen molar-refractivity contribution in [1.82, 2.24) is 10.2 Å². The quantitative estimate of drug-likeness (QED) is 0.641. The Balaban J connectivity index is 1.54. The van der Waals surface area contributed by atoms with Crippen molar-refractivity contribution in [3.05, 3.63) is 93.9 Å². The van der Waals surface area contributed by atoms with Gasteiger partial charge in [-0.15, -0.1) is 0 Å². The van der Waals surface area contributed by atoms with Crippen molar-refractivity contribution >= 4 is 29.3 Å². The Bertz CT molecular complexity index is 1110. The summed E-state index contributed by atoms with van der Waals surface area (Å²) in [5, 5.41) is 3.43. The molecule has 6 nitrogen and oxygen atoms in total. The van der Waals surface area contributed by atoms with E-state index < -0.39 is 11.8 Å². The van der Waals surface area contributed by atoms with Crippen LogP contribution in [0.4, 0.5) is 0 Å². The highest BCUT2D eigenvalue weighted by Gasteiger charge is 2.36. The van der Waals surface area contributed by atoms with Gasteiger partial charge in [0.15, 0.2) is 0 Å². The van der Waals surface area contributed by atoms with Gasteiger partial charge in [-0.2, -0.15) is 0 Å². The Morgan fingerprint density at radius 3 is 2.55 bits per heavy atom. The third-order valence-electron chi connectivity index (χ3n) is 4.85. The third kappa shape index (κ3) is 3.54. The molecule has 0 saturated heterocycles. The first-order valence-corrected chi connectivity index (χ1v) is 9.41. The van der Waals surface area contributed by atoms with Gasteiger partial charge in [0.2, 0.25) is 0 Å². The zero-order valence-corrected chi connectivity index (χ0v) is 16.3. The minimum atomic E-state index is -0.449. The summed E-state index contributed by atoms with van der Waals surface area (Å²) in [4.78, 5) is 39.1. The van der Waals surface area contributed by atoms with Gasteiger partial charge in [-0.25, -0.2) is 0 Å². The predicted octanol–water partition coefficient (Wildman–Crippen LogP) is 4.22. The maximum atomic E-state index is 12.7. The number of nitrogens with one attached hydrogen (secondary N) is 1. The third-order valence-corrected chi connectivity index (χ3v) is 5.19. The van der Waals surface area contributed by atoms with E-state index in [9.17, 15) is 14.4 Å². The number of hydrogen-bond donors (Lipinski definition) is 1. The molecule has 0 fully saturated rings. The number of carbonyl (C=O) groups excluding carboxylic acids is 3. The molecule has 29 heavy (non-hydrogen) atoms. The molecule has 2 aromatic carbocycles. The van der Waals surface area contributed by atoms with Gasteiger partial charge in [0.05, 0.1) is 30.0 Å². The number of furan rings is 1. The summed E-state index contributed by atoms with van der Waals surface area (Å²) < 4.78 is 5.23. The Morgan fingerprint density at radius 2 is 1.83 bits per heavy atom. The summed E-state index contributed by atoms with van der Waals surface area (Å²) in [6.45, 7) is 1.87. The highest BCUT2D eigenvalue weighted by atomic mass is 35.5. The van der Waals surface area contributed by atoms with Crippen molar-refractivity contribution < 1.29 is 18.8 Å². The first-order valence-electron chi connectivity index (χ1n) is 9.03.